The van der Waals surface area contributed by atoms with Crippen LogP contribution in [0.15, 0.2) is 0 Å². The molecule has 0 saturated carbocycles. The van der Waals surface area contributed by atoms with Crippen molar-refractivity contribution in [2.45, 2.75) is 0 Å². The molecule has 0 aromatic heterocycles. The van der Waals surface area contributed by atoms with Gasteiger partial charge in [0, 0.05) is 83.5 Å². The molecule has 0 atom stereocenters. The first-order chi connectivity index (χ1) is 0. The molecule has 0 unspecified atom stereocenters. The minimum Gasteiger partial charge on any atom is -2.00 e. The first-order valence-electron chi connectivity index (χ1n) is 0. The number of hydrogen-bond donors (Lipinski definition) is 0. The minimum absolute atomic E-state index is 0. The van der Waals surface area contributed by atoms with Gasteiger partial charge >= 0.3 is 134 Å². The van der Waals surface area contributed by atoms with Crippen LogP contribution in [-0.2, 0) is 90.7 Å². The van der Waals surface area contributed by atoms with Crippen molar-refractivity contribution in [2.24, 2.45) is 0 Å². The molecule has 0 spiro atoms. The van der Waals surface area contributed by atoms with Crippen LogP contribution in [0.2, 0.25) is 0 Å². The zero-order valence-electron chi connectivity index (χ0n) is 5.86. The Hall–Kier alpha value is 6.94. The molecule has 0 aromatic carbocycles. The molecule has 0 saturated heterocycles. The van der Waals surface area contributed by atoms with E-state index < -0.39 is 0 Å². The van der Waals surface area contributed by atoms with Gasteiger partial charge in [-0.3, -0.25) is 0 Å². The van der Waals surface area contributed by atoms with Crippen molar-refractivity contribution in [1.82, 2.24) is 0 Å². The first-order valence-corrected chi connectivity index (χ1v) is 0. The van der Waals surface area contributed by atoms with Gasteiger partial charge in [0.25, 0.3) is 0 Å². The Bertz CT molecular complexity index is 22.5. The van der Waals surface area contributed by atoms with Crippen LogP contribution in [0.3, 0.4) is 0 Å². The molecule has 13 heteroatoms. The summed E-state index contributed by atoms with van der Waals surface area (Å²) in [5.41, 5.74) is 0. The van der Waals surface area contributed by atoms with Gasteiger partial charge in [0.1, 0.15) is 0 Å². The Morgan fingerprint density at radius 3 is 0.308 bits per heavy atom. The third-order valence-electron chi connectivity index (χ3n) is 0. The molecule has 0 N–H and O–H groups in total. The van der Waals surface area contributed by atoms with Crippen molar-refractivity contribution < 1.29 is 256 Å². The number of hydrogen-bond acceptors (Lipinski definition) is 0. The monoisotopic (exact) mass is 855 g/mol. The van der Waals surface area contributed by atoms with Crippen LogP contribution >= 0.6 is 0 Å². The van der Waals surface area contributed by atoms with Crippen LogP contribution in [-0.4, -0.2) is 0 Å². The fourth-order valence-electron chi connectivity index (χ4n) is 0. The molecule has 0 bridgehead atoms. The quantitative estimate of drug-likeness (QED) is 0.293. The first kappa shape index (κ1) is 148. The zero-order valence-corrected chi connectivity index (χ0v) is 23.5. The summed E-state index contributed by atoms with van der Waals surface area (Å²) in [6.07, 6.45) is 0. The molecule has 0 aliphatic rings. The maximum Gasteiger partial charge on any atom is 4.00 e. The third-order valence-corrected chi connectivity index (χ3v) is 0. The summed E-state index contributed by atoms with van der Waals surface area (Å²) < 4.78 is 0. The summed E-state index contributed by atoms with van der Waals surface area (Å²) in [4.78, 5) is 0. The molecule has 0 aromatic rings. The Balaban J connectivity index is 0. The van der Waals surface area contributed by atoms with Gasteiger partial charge in [0.2, 0.25) is 0 Å². The molecule has 2 radical (unpaired) electrons. The summed E-state index contributed by atoms with van der Waals surface area (Å²) in [6.45, 7) is 0. The summed E-state index contributed by atoms with van der Waals surface area (Å²) in [7, 11) is 0. The second-order valence-corrected chi connectivity index (χ2v) is 0. The van der Waals surface area contributed by atoms with Crippen LogP contribution in [0.1, 0.15) is 0 Å². The zero-order chi connectivity index (χ0) is 0. The average Bonchev–Trinajstić information content (AvgIpc) is 0. The summed E-state index contributed by atoms with van der Waals surface area (Å²) in [5.74, 6) is 0. The molecule has 0 aliphatic carbocycles. The van der Waals surface area contributed by atoms with Crippen molar-refractivity contribution in [1.29, 1.82) is 0 Å². The van der Waals surface area contributed by atoms with E-state index in [1.54, 1.807) is 0 Å². The summed E-state index contributed by atoms with van der Waals surface area (Å²) >= 11 is 0. The van der Waals surface area contributed by atoms with Crippen LogP contribution in [0.25, 0.3) is 0 Å². The van der Waals surface area contributed by atoms with Crippen molar-refractivity contribution in [2.75, 3.05) is 0 Å². The molecular formula is Ce2Nd2O7Zr2. The Morgan fingerprint density at radius 1 is 0.308 bits per heavy atom. The van der Waals surface area contributed by atoms with E-state index in [1.807, 2.05) is 0 Å². The SMILES string of the molecule is [Ce].[Ce].[Nd+3].[Nd+3].[O-2].[O-2].[O-2].[O-2].[O-2].[O-2].[O-2].[Zr+4].[Zr+4]. The predicted octanol–water partition coefficient (Wildman–Crippen LogP) is -0.837. The summed E-state index contributed by atoms with van der Waals surface area (Å²) in [6, 6.07) is 0. The van der Waals surface area contributed by atoms with Crippen LogP contribution < -0.4 is 0 Å². The maximum atomic E-state index is 0. The van der Waals surface area contributed by atoms with E-state index in [9.17, 15) is 0 Å². The van der Waals surface area contributed by atoms with Crippen molar-refractivity contribution in [3.8, 4) is 0 Å². The fourth-order valence-corrected chi connectivity index (χ4v) is 0. The summed E-state index contributed by atoms with van der Waals surface area (Å²) in [5, 5.41) is 0. The second kappa shape index (κ2) is 127. The third kappa shape index (κ3) is 113. The maximum absolute atomic E-state index is 0. The van der Waals surface area contributed by atoms with Crippen molar-refractivity contribution in [3.63, 3.8) is 0 Å². The van der Waals surface area contributed by atoms with Gasteiger partial charge in [0.05, 0.1) is 0 Å². The van der Waals surface area contributed by atoms with E-state index in [4.69, 9.17) is 0 Å². The molecule has 0 amide bonds. The van der Waals surface area contributed by atoms with E-state index in [0.29, 0.717) is 0 Å². The van der Waals surface area contributed by atoms with Crippen LogP contribution in [0.4, 0.5) is 0 Å². The Morgan fingerprint density at radius 2 is 0.308 bits per heavy atom. The van der Waals surface area contributed by atoms with Gasteiger partial charge in [-0.2, -0.15) is 0 Å². The molecule has 66 valence electrons. The van der Waals surface area contributed by atoms with Gasteiger partial charge in [-0.25, -0.2) is 0 Å². The molecular weight excluding hydrogens is 863 g/mol. The standard InChI is InChI=1S/2Ce.2Nd.7O.2Zr/q;;2*+3;7*-2;2*+4. The fraction of sp³-hybridized carbons (Fsp3) is 0. The largest absolute Gasteiger partial charge is 4.00 e. The van der Waals surface area contributed by atoms with E-state index in [2.05, 4.69) is 0 Å². The smallest absolute Gasteiger partial charge is 2.00 e. The predicted molar refractivity (Wildman–Crippen MR) is 4.81 cm³/mol. The van der Waals surface area contributed by atoms with Crippen molar-refractivity contribution in [3.05, 3.63) is 0 Å². The Kier molecular flexibility index (Phi) is 1450. The van der Waals surface area contributed by atoms with Gasteiger partial charge in [-0.1, -0.05) is 0 Å². The molecule has 0 aliphatic heterocycles. The molecule has 0 heterocycles. The van der Waals surface area contributed by atoms with Crippen LogP contribution in [0, 0.1) is 165 Å². The topological polar surface area (TPSA) is 200 Å². The molecule has 7 nitrogen and oxygen atoms in total. The van der Waals surface area contributed by atoms with Crippen molar-refractivity contribution >= 4 is 0 Å². The van der Waals surface area contributed by atoms with Gasteiger partial charge in [-0.05, 0) is 0 Å². The van der Waals surface area contributed by atoms with Gasteiger partial charge in [0.15, 0.2) is 0 Å². The van der Waals surface area contributed by atoms with E-state index >= 15 is 0 Å². The Labute approximate surface area is 248 Å². The van der Waals surface area contributed by atoms with E-state index in [1.165, 1.54) is 0 Å². The van der Waals surface area contributed by atoms with E-state index in [-0.39, 0.29) is 256 Å². The van der Waals surface area contributed by atoms with Gasteiger partial charge in [-0.15, -0.1) is 0 Å². The molecule has 0 fully saturated rings. The normalized spacial score (nSPS) is 0. The average molecular weight is 863 g/mol. The molecule has 13 heavy (non-hydrogen) atoms. The van der Waals surface area contributed by atoms with Gasteiger partial charge < -0.3 is 38.3 Å². The molecule has 0 rings (SSSR count). The minimum atomic E-state index is 0. The second-order valence-electron chi connectivity index (χ2n) is 0. The van der Waals surface area contributed by atoms with E-state index in [0.717, 1.165) is 0 Å². The number of rotatable bonds is 0. The van der Waals surface area contributed by atoms with Crippen LogP contribution in [0.5, 0.6) is 0 Å².